The molecule has 2 nitrogen and oxygen atoms in total. The van der Waals surface area contributed by atoms with Gasteiger partial charge in [0.15, 0.2) is 0 Å². The highest BCUT2D eigenvalue weighted by atomic mass is 16.5. The smallest absolute Gasteiger partial charge is 0.0842 e. The Bertz CT molecular complexity index is 459. The van der Waals surface area contributed by atoms with Gasteiger partial charge in [-0.2, -0.15) is 0 Å². The van der Waals surface area contributed by atoms with Crippen molar-refractivity contribution in [1.29, 1.82) is 0 Å². The zero-order valence-electron chi connectivity index (χ0n) is 13.3. The van der Waals surface area contributed by atoms with Crippen LogP contribution >= 0.6 is 0 Å². The summed E-state index contributed by atoms with van der Waals surface area (Å²) in [5, 5.41) is 0. The molecule has 0 spiro atoms. The molecule has 1 heterocycles. The third kappa shape index (κ3) is 3.49. The van der Waals surface area contributed by atoms with Crippen LogP contribution in [0, 0.1) is 11.8 Å². The number of rotatable bonds is 4. The minimum Gasteiger partial charge on any atom is -0.373 e. The summed E-state index contributed by atoms with van der Waals surface area (Å²) < 4.78 is 6.04. The molecule has 1 aromatic rings. The van der Waals surface area contributed by atoms with Crippen molar-refractivity contribution in [1.82, 2.24) is 0 Å². The third-order valence-electron chi connectivity index (χ3n) is 5.58. The highest BCUT2D eigenvalue weighted by Gasteiger charge is 2.29. The van der Waals surface area contributed by atoms with Crippen molar-refractivity contribution in [2.45, 2.75) is 64.0 Å². The van der Waals surface area contributed by atoms with Crippen molar-refractivity contribution in [3.05, 3.63) is 35.4 Å². The fourth-order valence-electron chi connectivity index (χ4n) is 4.20. The lowest BCUT2D eigenvalue weighted by Gasteiger charge is -2.35. The topological polar surface area (TPSA) is 35.2 Å². The molecule has 0 aromatic heterocycles. The molecule has 0 radical (unpaired) electrons. The van der Waals surface area contributed by atoms with E-state index in [1.165, 1.54) is 43.2 Å². The van der Waals surface area contributed by atoms with Gasteiger partial charge in [-0.15, -0.1) is 0 Å². The summed E-state index contributed by atoms with van der Waals surface area (Å²) in [6, 6.07) is 9.01. The summed E-state index contributed by atoms with van der Waals surface area (Å²) in [4.78, 5) is 0. The monoisotopic (exact) mass is 287 g/mol. The van der Waals surface area contributed by atoms with Gasteiger partial charge in [-0.05, 0) is 48.6 Å². The molecule has 2 heteroatoms. The summed E-state index contributed by atoms with van der Waals surface area (Å²) in [5.41, 5.74) is 9.40. The number of hydrogen-bond acceptors (Lipinski definition) is 2. The quantitative estimate of drug-likeness (QED) is 0.899. The van der Waals surface area contributed by atoms with Gasteiger partial charge >= 0.3 is 0 Å². The summed E-state index contributed by atoms with van der Waals surface area (Å²) in [6.07, 6.45) is 8.96. The summed E-state index contributed by atoms with van der Waals surface area (Å²) in [7, 11) is 0. The lowest BCUT2D eigenvalue weighted by atomic mass is 9.75. The van der Waals surface area contributed by atoms with Gasteiger partial charge in [-0.1, -0.05) is 50.5 Å². The fourth-order valence-corrected chi connectivity index (χ4v) is 4.20. The van der Waals surface area contributed by atoms with E-state index >= 15 is 0 Å². The Morgan fingerprint density at radius 1 is 1.29 bits per heavy atom. The van der Waals surface area contributed by atoms with E-state index in [0.29, 0.717) is 5.92 Å². The molecular formula is C19H29NO. The molecule has 4 unspecified atom stereocenters. The zero-order chi connectivity index (χ0) is 14.7. The van der Waals surface area contributed by atoms with Gasteiger partial charge < -0.3 is 10.5 Å². The first-order valence-electron chi connectivity index (χ1n) is 8.73. The van der Waals surface area contributed by atoms with Gasteiger partial charge in [0.2, 0.25) is 0 Å². The molecule has 4 atom stereocenters. The van der Waals surface area contributed by atoms with E-state index in [-0.39, 0.29) is 12.1 Å². The molecule has 1 aliphatic carbocycles. The molecule has 1 aliphatic heterocycles. The Labute approximate surface area is 129 Å². The maximum Gasteiger partial charge on any atom is 0.0842 e. The Balaban J connectivity index is 1.64. The Hall–Kier alpha value is -0.860. The van der Waals surface area contributed by atoms with Crippen LogP contribution in [0.3, 0.4) is 0 Å². The highest BCUT2D eigenvalue weighted by Crippen LogP contribution is 2.37. The van der Waals surface area contributed by atoms with E-state index < -0.39 is 0 Å². The molecule has 1 saturated carbocycles. The largest absolute Gasteiger partial charge is 0.373 e. The second kappa shape index (κ2) is 6.93. The maximum absolute atomic E-state index is 6.57. The van der Waals surface area contributed by atoms with Crippen molar-refractivity contribution >= 4 is 0 Å². The van der Waals surface area contributed by atoms with Gasteiger partial charge in [-0.25, -0.2) is 0 Å². The van der Waals surface area contributed by atoms with E-state index in [4.69, 9.17) is 10.5 Å². The molecule has 2 N–H and O–H groups in total. The highest BCUT2D eigenvalue weighted by molar-refractivity contribution is 5.31. The van der Waals surface area contributed by atoms with Gasteiger partial charge in [-0.3, -0.25) is 0 Å². The molecule has 1 aromatic carbocycles. The Morgan fingerprint density at radius 3 is 3.00 bits per heavy atom. The second-order valence-electron chi connectivity index (χ2n) is 6.91. The number of fused-ring (bicyclic) bond motifs is 1. The third-order valence-corrected chi connectivity index (χ3v) is 5.58. The number of hydrogen-bond donors (Lipinski definition) is 1. The normalized spacial score (nSPS) is 30.7. The van der Waals surface area contributed by atoms with Gasteiger partial charge in [0.05, 0.1) is 12.7 Å². The predicted molar refractivity (Wildman–Crippen MR) is 87.2 cm³/mol. The molecule has 0 bridgehead atoms. The summed E-state index contributed by atoms with van der Waals surface area (Å²) in [6.45, 7) is 3.16. The van der Waals surface area contributed by atoms with Crippen LogP contribution in [0.25, 0.3) is 0 Å². The number of ether oxygens (including phenoxy) is 1. The first kappa shape index (κ1) is 15.1. The maximum atomic E-state index is 6.57. The minimum atomic E-state index is 0.215. The molecular weight excluding hydrogens is 258 g/mol. The minimum absolute atomic E-state index is 0.215. The standard InChI is InChI=1S/C19H29NO/c1-2-14-6-5-8-16(12-14)18(20)13-19-17-9-4-3-7-15(17)10-11-21-19/h3-4,7,9,14,16,18-19H,2,5-6,8,10-13,20H2,1H3. The van der Waals surface area contributed by atoms with Crippen molar-refractivity contribution in [3.8, 4) is 0 Å². The van der Waals surface area contributed by atoms with Crippen LogP contribution in [-0.4, -0.2) is 12.6 Å². The first-order chi connectivity index (χ1) is 10.3. The van der Waals surface area contributed by atoms with Crippen molar-refractivity contribution < 1.29 is 4.74 Å². The van der Waals surface area contributed by atoms with E-state index in [0.717, 1.165) is 25.4 Å². The predicted octanol–water partition coefficient (Wildman–Crippen LogP) is 4.23. The molecule has 1 fully saturated rings. The summed E-state index contributed by atoms with van der Waals surface area (Å²) in [5.74, 6) is 1.59. The first-order valence-corrected chi connectivity index (χ1v) is 8.73. The van der Waals surface area contributed by atoms with Crippen LogP contribution in [0.1, 0.15) is 62.7 Å². The van der Waals surface area contributed by atoms with E-state index in [9.17, 15) is 0 Å². The average molecular weight is 287 g/mol. The summed E-state index contributed by atoms with van der Waals surface area (Å²) >= 11 is 0. The SMILES string of the molecule is CCC1CCCC(C(N)CC2OCCc3ccccc32)C1. The lowest BCUT2D eigenvalue weighted by Crippen LogP contribution is -2.36. The molecule has 2 aliphatic rings. The number of benzene rings is 1. The van der Waals surface area contributed by atoms with Crippen LogP contribution in [0.2, 0.25) is 0 Å². The van der Waals surface area contributed by atoms with Gasteiger partial charge in [0, 0.05) is 6.04 Å². The van der Waals surface area contributed by atoms with Crippen LogP contribution < -0.4 is 5.73 Å². The van der Waals surface area contributed by atoms with Crippen LogP contribution in [-0.2, 0) is 11.2 Å². The lowest BCUT2D eigenvalue weighted by molar-refractivity contribution is 0.0250. The average Bonchev–Trinajstić information content (AvgIpc) is 2.55. The van der Waals surface area contributed by atoms with E-state index in [2.05, 4.69) is 31.2 Å². The zero-order valence-corrected chi connectivity index (χ0v) is 13.3. The molecule has 21 heavy (non-hydrogen) atoms. The van der Waals surface area contributed by atoms with Crippen molar-refractivity contribution in [2.24, 2.45) is 17.6 Å². The number of nitrogens with two attached hydrogens (primary N) is 1. The molecule has 3 rings (SSSR count). The van der Waals surface area contributed by atoms with Crippen molar-refractivity contribution in [3.63, 3.8) is 0 Å². The van der Waals surface area contributed by atoms with Gasteiger partial charge in [0.25, 0.3) is 0 Å². The Morgan fingerprint density at radius 2 is 2.14 bits per heavy atom. The molecule has 116 valence electrons. The molecule has 0 saturated heterocycles. The van der Waals surface area contributed by atoms with Crippen molar-refractivity contribution in [2.75, 3.05) is 6.61 Å². The second-order valence-corrected chi connectivity index (χ2v) is 6.91. The van der Waals surface area contributed by atoms with Crippen LogP contribution in [0.4, 0.5) is 0 Å². The van der Waals surface area contributed by atoms with E-state index in [1.807, 2.05) is 0 Å². The van der Waals surface area contributed by atoms with Crippen LogP contribution in [0.15, 0.2) is 24.3 Å². The van der Waals surface area contributed by atoms with E-state index in [1.54, 1.807) is 0 Å². The fraction of sp³-hybridized carbons (Fsp3) is 0.684. The Kier molecular flexibility index (Phi) is 4.97. The van der Waals surface area contributed by atoms with Crippen LogP contribution in [0.5, 0.6) is 0 Å². The molecule has 0 amide bonds. The van der Waals surface area contributed by atoms with Gasteiger partial charge in [0.1, 0.15) is 0 Å².